The van der Waals surface area contributed by atoms with Gasteiger partial charge in [-0.2, -0.15) is 0 Å². The molecule has 0 fully saturated rings. The van der Waals surface area contributed by atoms with Gasteiger partial charge in [-0.3, -0.25) is 9.59 Å². The van der Waals surface area contributed by atoms with Gasteiger partial charge in [0.1, 0.15) is 0 Å². The normalized spacial score (nSPS) is 10.1. The van der Waals surface area contributed by atoms with E-state index in [1.165, 1.54) is 6.92 Å². The molecule has 2 aromatic rings. The number of hydrogen-bond acceptors (Lipinski definition) is 3. The standard InChI is InChI=1S/C17H17Cl2N3O2/c1-11(23)21-14-3-2-4-15(10-14)22-17(24)5-6-20-16-8-12(18)7-13(19)9-16/h2-4,7-10,20H,5-6H2,1H3,(H,21,23)(H,22,24). The van der Waals surface area contributed by atoms with Crippen LogP contribution in [0.5, 0.6) is 0 Å². The summed E-state index contributed by atoms with van der Waals surface area (Å²) in [5.41, 5.74) is 2.01. The van der Waals surface area contributed by atoms with Crippen LogP contribution in [0.3, 0.4) is 0 Å². The molecular weight excluding hydrogens is 349 g/mol. The number of anilines is 3. The zero-order valence-electron chi connectivity index (χ0n) is 13.0. The van der Waals surface area contributed by atoms with Gasteiger partial charge >= 0.3 is 0 Å². The first-order valence-corrected chi connectivity index (χ1v) is 8.05. The molecule has 126 valence electrons. The molecule has 3 N–H and O–H groups in total. The Labute approximate surface area is 150 Å². The Balaban J connectivity index is 1.84. The van der Waals surface area contributed by atoms with Crippen LogP contribution in [0.4, 0.5) is 17.1 Å². The van der Waals surface area contributed by atoms with Crippen molar-refractivity contribution in [1.29, 1.82) is 0 Å². The Kier molecular flexibility index (Phi) is 6.46. The van der Waals surface area contributed by atoms with E-state index in [4.69, 9.17) is 23.2 Å². The minimum absolute atomic E-state index is 0.143. The first-order chi connectivity index (χ1) is 11.4. The van der Waals surface area contributed by atoms with E-state index < -0.39 is 0 Å². The number of benzene rings is 2. The summed E-state index contributed by atoms with van der Waals surface area (Å²) in [5, 5.41) is 9.61. The highest BCUT2D eigenvalue weighted by atomic mass is 35.5. The van der Waals surface area contributed by atoms with E-state index in [2.05, 4.69) is 16.0 Å². The molecule has 5 nitrogen and oxygen atoms in total. The summed E-state index contributed by atoms with van der Waals surface area (Å²) < 4.78 is 0. The van der Waals surface area contributed by atoms with Gasteiger partial charge in [-0.05, 0) is 36.4 Å². The molecule has 0 atom stereocenters. The molecule has 0 aliphatic heterocycles. The second-order valence-electron chi connectivity index (χ2n) is 5.15. The molecule has 0 aliphatic carbocycles. The first-order valence-electron chi connectivity index (χ1n) is 7.30. The van der Waals surface area contributed by atoms with Crippen molar-refractivity contribution in [3.8, 4) is 0 Å². The molecule has 0 heterocycles. The number of carbonyl (C=O) groups excluding carboxylic acids is 2. The van der Waals surface area contributed by atoms with Crippen LogP contribution >= 0.6 is 23.2 Å². The second-order valence-corrected chi connectivity index (χ2v) is 6.02. The van der Waals surface area contributed by atoms with Crippen LogP contribution in [-0.2, 0) is 9.59 Å². The lowest BCUT2D eigenvalue weighted by molar-refractivity contribution is -0.116. The number of rotatable bonds is 6. The number of hydrogen-bond donors (Lipinski definition) is 3. The van der Waals surface area contributed by atoms with Gasteiger partial charge in [-0.15, -0.1) is 0 Å². The van der Waals surface area contributed by atoms with Gasteiger partial charge < -0.3 is 16.0 Å². The number of carbonyl (C=O) groups is 2. The van der Waals surface area contributed by atoms with Crippen molar-refractivity contribution >= 4 is 52.1 Å². The molecule has 0 bridgehead atoms. The van der Waals surface area contributed by atoms with Gasteiger partial charge in [0.15, 0.2) is 0 Å². The highest BCUT2D eigenvalue weighted by molar-refractivity contribution is 6.35. The van der Waals surface area contributed by atoms with E-state index in [-0.39, 0.29) is 18.2 Å². The summed E-state index contributed by atoms with van der Waals surface area (Å²) in [6.07, 6.45) is 0.272. The summed E-state index contributed by atoms with van der Waals surface area (Å²) in [5.74, 6) is -0.307. The summed E-state index contributed by atoms with van der Waals surface area (Å²) >= 11 is 11.8. The summed E-state index contributed by atoms with van der Waals surface area (Å²) in [7, 11) is 0. The van der Waals surface area contributed by atoms with Gasteiger partial charge in [-0.25, -0.2) is 0 Å². The Morgan fingerprint density at radius 1 is 0.917 bits per heavy atom. The second kappa shape index (κ2) is 8.57. The fraction of sp³-hybridized carbons (Fsp3) is 0.176. The third-order valence-electron chi connectivity index (χ3n) is 3.01. The fourth-order valence-electron chi connectivity index (χ4n) is 2.08. The average Bonchev–Trinajstić information content (AvgIpc) is 2.45. The zero-order valence-corrected chi connectivity index (χ0v) is 14.5. The highest BCUT2D eigenvalue weighted by Crippen LogP contribution is 2.22. The van der Waals surface area contributed by atoms with Crippen molar-refractivity contribution < 1.29 is 9.59 Å². The van der Waals surface area contributed by atoms with Gasteiger partial charge in [0.2, 0.25) is 11.8 Å². The summed E-state index contributed by atoms with van der Waals surface area (Å²) in [4.78, 5) is 23.0. The molecule has 0 spiro atoms. The van der Waals surface area contributed by atoms with Crippen molar-refractivity contribution in [3.05, 3.63) is 52.5 Å². The quantitative estimate of drug-likeness (QED) is 0.710. The highest BCUT2D eigenvalue weighted by Gasteiger charge is 2.04. The molecule has 0 radical (unpaired) electrons. The fourth-order valence-corrected chi connectivity index (χ4v) is 2.60. The van der Waals surface area contributed by atoms with Crippen LogP contribution in [0, 0.1) is 0 Å². The molecule has 2 rings (SSSR count). The molecule has 0 saturated heterocycles. The SMILES string of the molecule is CC(=O)Nc1cccc(NC(=O)CCNc2cc(Cl)cc(Cl)c2)c1. The van der Waals surface area contributed by atoms with Crippen molar-refractivity contribution in [2.24, 2.45) is 0 Å². The summed E-state index contributed by atoms with van der Waals surface area (Å²) in [6.45, 7) is 1.87. The number of halogens is 2. The molecule has 0 aliphatic rings. The molecule has 0 saturated carbocycles. The summed E-state index contributed by atoms with van der Waals surface area (Å²) in [6, 6.07) is 12.1. The average molecular weight is 366 g/mol. The number of amides is 2. The molecule has 2 aromatic carbocycles. The Morgan fingerprint density at radius 3 is 2.17 bits per heavy atom. The maximum absolute atomic E-state index is 12.0. The van der Waals surface area contributed by atoms with E-state index in [1.54, 1.807) is 42.5 Å². The molecular formula is C17H17Cl2N3O2. The third-order valence-corrected chi connectivity index (χ3v) is 3.45. The van der Waals surface area contributed by atoms with Crippen molar-refractivity contribution in [3.63, 3.8) is 0 Å². The maximum atomic E-state index is 12.0. The molecule has 2 amide bonds. The lowest BCUT2D eigenvalue weighted by atomic mass is 10.2. The van der Waals surface area contributed by atoms with E-state index in [1.807, 2.05) is 0 Å². The first kappa shape index (κ1) is 18.1. The smallest absolute Gasteiger partial charge is 0.226 e. The minimum Gasteiger partial charge on any atom is -0.384 e. The van der Waals surface area contributed by atoms with Crippen LogP contribution < -0.4 is 16.0 Å². The van der Waals surface area contributed by atoms with Crippen LogP contribution in [-0.4, -0.2) is 18.4 Å². The van der Waals surface area contributed by atoms with E-state index in [9.17, 15) is 9.59 Å². The van der Waals surface area contributed by atoms with Crippen LogP contribution in [0.1, 0.15) is 13.3 Å². The van der Waals surface area contributed by atoms with Gasteiger partial charge in [-0.1, -0.05) is 29.3 Å². The molecule has 24 heavy (non-hydrogen) atoms. The molecule has 0 aromatic heterocycles. The van der Waals surface area contributed by atoms with E-state index in [0.29, 0.717) is 28.0 Å². The van der Waals surface area contributed by atoms with Crippen molar-refractivity contribution in [2.75, 3.05) is 22.5 Å². The van der Waals surface area contributed by atoms with Crippen LogP contribution in [0.25, 0.3) is 0 Å². The van der Waals surface area contributed by atoms with Gasteiger partial charge in [0, 0.05) is 47.0 Å². The Bertz CT molecular complexity index is 730. The molecule has 7 heteroatoms. The Hall–Kier alpha value is -2.24. The largest absolute Gasteiger partial charge is 0.384 e. The van der Waals surface area contributed by atoms with Crippen molar-refractivity contribution in [2.45, 2.75) is 13.3 Å². The van der Waals surface area contributed by atoms with Crippen LogP contribution in [0.15, 0.2) is 42.5 Å². The maximum Gasteiger partial charge on any atom is 0.226 e. The predicted molar refractivity (Wildman–Crippen MR) is 98.9 cm³/mol. The monoisotopic (exact) mass is 365 g/mol. The number of nitrogens with one attached hydrogen (secondary N) is 3. The van der Waals surface area contributed by atoms with Gasteiger partial charge in [0.25, 0.3) is 0 Å². The van der Waals surface area contributed by atoms with Crippen LogP contribution in [0.2, 0.25) is 10.0 Å². The molecule has 0 unspecified atom stereocenters. The van der Waals surface area contributed by atoms with Crippen molar-refractivity contribution in [1.82, 2.24) is 0 Å². The lowest BCUT2D eigenvalue weighted by Gasteiger charge is -2.09. The zero-order chi connectivity index (χ0) is 17.5. The third kappa shape index (κ3) is 6.10. The topological polar surface area (TPSA) is 70.2 Å². The van der Waals surface area contributed by atoms with E-state index in [0.717, 1.165) is 5.69 Å². The van der Waals surface area contributed by atoms with E-state index >= 15 is 0 Å². The minimum atomic E-state index is -0.164. The predicted octanol–water partition coefficient (Wildman–Crippen LogP) is 4.39. The lowest BCUT2D eigenvalue weighted by Crippen LogP contribution is -2.16. The van der Waals surface area contributed by atoms with Gasteiger partial charge in [0.05, 0.1) is 0 Å². The Morgan fingerprint density at radius 2 is 1.54 bits per heavy atom.